The summed E-state index contributed by atoms with van der Waals surface area (Å²) < 4.78 is 0. The van der Waals surface area contributed by atoms with Gasteiger partial charge in [0.15, 0.2) is 0 Å². The Morgan fingerprint density at radius 2 is 2.18 bits per heavy atom. The molecule has 0 spiro atoms. The lowest BCUT2D eigenvalue weighted by molar-refractivity contribution is 0.508. The van der Waals surface area contributed by atoms with Crippen molar-refractivity contribution in [1.82, 2.24) is 0 Å². The fourth-order valence-electron chi connectivity index (χ4n) is 2.24. The van der Waals surface area contributed by atoms with Crippen LogP contribution in [-0.4, -0.2) is 5.75 Å². The molecule has 1 nitrogen and oxygen atoms in total. The molecular weight excluding hydrogens is 246 g/mol. The Morgan fingerprint density at radius 3 is 2.88 bits per heavy atom. The zero-order valence-corrected chi connectivity index (χ0v) is 12.5. The molecule has 1 aromatic rings. The van der Waals surface area contributed by atoms with Crippen LogP contribution in [0.25, 0.3) is 0 Å². The molecular formula is C14H23NS2. The van der Waals surface area contributed by atoms with E-state index in [0.29, 0.717) is 0 Å². The Balaban J connectivity index is 1.90. The van der Waals surface area contributed by atoms with Crippen molar-refractivity contribution in [2.45, 2.75) is 51.3 Å². The predicted octanol–water partition coefficient (Wildman–Crippen LogP) is 4.36. The molecule has 0 saturated heterocycles. The third-order valence-electron chi connectivity index (χ3n) is 3.31. The van der Waals surface area contributed by atoms with E-state index in [1.807, 2.05) is 11.3 Å². The predicted molar refractivity (Wildman–Crippen MR) is 79.8 cm³/mol. The SMILES string of the molecule is CC(C)CCCC(N)c1cc2c(s1)CCSC2. The second-order valence-corrected chi connectivity index (χ2v) is 7.60. The number of rotatable bonds is 5. The molecule has 0 aromatic carbocycles. The molecule has 2 N–H and O–H groups in total. The zero-order chi connectivity index (χ0) is 12.3. The number of thiophene rings is 1. The molecule has 0 aliphatic carbocycles. The van der Waals surface area contributed by atoms with E-state index in [9.17, 15) is 0 Å². The van der Waals surface area contributed by atoms with Crippen molar-refractivity contribution in [3.8, 4) is 0 Å². The van der Waals surface area contributed by atoms with Gasteiger partial charge in [0.1, 0.15) is 0 Å². The highest BCUT2D eigenvalue weighted by Gasteiger charge is 2.16. The monoisotopic (exact) mass is 269 g/mol. The summed E-state index contributed by atoms with van der Waals surface area (Å²) >= 11 is 4.01. The summed E-state index contributed by atoms with van der Waals surface area (Å²) in [6, 6.07) is 2.64. The summed E-state index contributed by atoms with van der Waals surface area (Å²) in [7, 11) is 0. The van der Waals surface area contributed by atoms with E-state index in [-0.39, 0.29) is 6.04 Å². The normalized spacial score (nSPS) is 17.2. The highest BCUT2D eigenvalue weighted by Crippen LogP contribution is 2.35. The maximum atomic E-state index is 6.30. The van der Waals surface area contributed by atoms with E-state index in [2.05, 4.69) is 31.7 Å². The van der Waals surface area contributed by atoms with Gasteiger partial charge in [-0.05, 0) is 36.1 Å². The van der Waals surface area contributed by atoms with E-state index >= 15 is 0 Å². The fraction of sp³-hybridized carbons (Fsp3) is 0.714. The van der Waals surface area contributed by atoms with Crippen molar-refractivity contribution in [1.29, 1.82) is 0 Å². The standard InChI is InChI=1S/C14H23NS2/c1-10(2)4-3-5-12(15)14-8-11-9-16-7-6-13(11)17-14/h8,10,12H,3-7,9,15H2,1-2H3. The van der Waals surface area contributed by atoms with Crippen LogP contribution in [0.3, 0.4) is 0 Å². The van der Waals surface area contributed by atoms with Crippen LogP contribution in [0.1, 0.15) is 54.5 Å². The Labute approximate surface area is 113 Å². The van der Waals surface area contributed by atoms with Gasteiger partial charge in [0, 0.05) is 21.5 Å². The van der Waals surface area contributed by atoms with E-state index < -0.39 is 0 Å². The van der Waals surface area contributed by atoms with Crippen LogP contribution in [0, 0.1) is 5.92 Å². The summed E-state index contributed by atoms with van der Waals surface area (Å²) in [4.78, 5) is 3.01. The Kier molecular flexibility index (Phi) is 4.95. The largest absolute Gasteiger partial charge is 0.323 e. The number of hydrogen-bond donors (Lipinski definition) is 1. The van der Waals surface area contributed by atoms with Gasteiger partial charge >= 0.3 is 0 Å². The van der Waals surface area contributed by atoms with E-state index in [1.54, 1.807) is 10.4 Å². The second kappa shape index (κ2) is 6.26. The zero-order valence-electron chi connectivity index (χ0n) is 10.9. The quantitative estimate of drug-likeness (QED) is 0.859. The Hall–Kier alpha value is 0.01000. The van der Waals surface area contributed by atoms with Crippen molar-refractivity contribution < 1.29 is 0 Å². The highest BCUT2D eigenvalue weighted by atomic mass is 32.2. The maximum absolute atomic E-state index is 6.30. The van der Waals surface area contributed by atoms with Crippen molar-refractivity contribution in [3.63, 3.8) is 0 Å². The van der Waals surface area contributed by atoms with Gasteiger partial charge in [-0.15, -0.1) is 11.3 Å². The second-order valence-electron chi connectivity index (χ2n) is 5.33. The molecule has 1 aliphatic rings. The summed E-state index contributed by atoms with van der Waals surface area (Å²) in [6.45, 7) is 4.57. The van der Waals surface area contributed by atoms with Crippen LogP contribution in [0.5, 0.6) is 0 Å². The smallest absolute Gasteiger partial charge is 0.0389 e. The van der Waals surface area contributed by atoms with Crippen LogP contribution in [0.2, 0.25) is 0 Å². The van der Waals surface area contributed by atoms with E-state index in [4.69, 9.17) is 5.73 Å². The third-order valence-corrected chi connectivity index (χ3v) is 5.69. The average Bonchev–Trinajstić information content (AvgIpc) is 2.71. The van der Waals surface area contributed by atoms with Gasteiger partial charge in [-0.2, -0.15) is 11.8 Å². The summed E-state index contributed by atoms with van der Waals surface area (Å²) in [5.74, 6) is 3.29. The molecule has 2 heterocycles. The Morgan fingerprint density at radius 1 is 1.35 bits per heavy atom. The van der Waals surface area contributed by atoms with Crippen LogP contribution >= 0.6 is 23.1 Å². The molecule has 0 saturated carbocycles. The first-order chi connectivity index (χ1) is 8.16. The molecule has 0 fully saturated rings. The molecule has 2 rings (SSSR count). The number of aryl methyl sites for hydroxylation is 1. The first-order valence-electron chi connectivity index (χ1n) is 6.61. The van der Waals surface area contributed by atoms with Gasteiger partial charge in [0.2, 0.25) is 0 Å². The van der Waals surface area contributed by atoms with Gasteiger partial charge in [-0.1, -0.05) is 26.7 Å². The van der Waals surface area contributed by atoms with Gasteiger partial charge in [0.05, 0.1) is 0 Å². The Bertz CT molecular complexity index is 334. The van der Waals surface area contributed by atoms with Crippen molar-refractivity contribution in [2.24, 2.45) is 11.7 Å². The maximum Gasteiger partial charge on any atom is 0.0389 e. The van der Waals surface area contributed by atoms with Crippen LogP contribution < -0.4 is 5.73 Å². The minimum Gasteiger partial charge on any atom is -0.323 e. The van der Waals surface area contributed by atoms with Gasteiger partial charge in [-0.25, -0.2) is 0 Å². The molecule has 1 atom stereocenters. The number of nitrogens with two attached hydrogens (primary N) is 1. The highest BCUT2D eigenvalue weighted by molar-refractivity contribution is 7.98. The summed E-state index contributed by atoms with van der Waals surface area (Å²) in [6.07, 6.45) is 4.96. The van der Waals surface area contributed by atoms with Crippen LogP contribution in [-0.2, 0) is 12.2 Å². The molecule has 0 radical (unpaired) electrons. The van der Waals surface area contributed by atoms with Gasteiger partial charge in [0.25, 0.3) is 0 Å². The van der Waals surface area contributed by atoms with E-state index in [0.717, 1.165) is 12.3 Å². The van der Waals surface area contributed by atoms with Crippen molar-refractivity contribution >= 4 is 23.1 Å². The fourth-order valence-corrected chi connectivity index (χ4v) is 4.65. The first-order valence-corrected chi connectivity index (χ1v) is 8.58. The van der Waals surface area contributed by atoms with E-state index in [1.165, 1.54) is 35.6 Å². The lowest BCUT2D eigenvalue weighted by Crippen LogP contribution is -2.08. The van der Waals surface area contributed by atoms with Crippen LogP contribution in [0.15, 0.2) is 6.07 Å². The topological polar surface area (TPSA) is 26.0 Å². The molecule has 0 bridgehead atoms. The number of thioether (sulfide) groups is 1. The minimum atomic E-state index is 0.273. The number of fused-ring (bicyclic) bond motifs is 1. The molecule has 0 amide bonds. The van der Waals surface area contributed by atoms with Crippen molar-refractivity contribution in [2.75, 3.05) is 5.75 Å². The molecule has 1 aromatic heterocycles. The molecule has 17 heavy (non-hydrogen) atoms. The average molecular weight is 269 g/mol. The summed E-state index contributed by atoms with van der Waals surface area (Å²) in [5, 5.41) is 0. The molecule has 1 unspecified atom stereocenters. The van der Waals surface area contributed by atoms with Gasteiger partial charge in [-0.3, -0.25) is 0 Å². The van der Waals surface area contributed by atoms with Gasteiger partial charge < -0.3 is 5.73 Å². The first kappa shape index (κ1) is 13.4. The lowest BCUT2D eigenvalue weighted by Gasteiger charge is -2.10. The molecule has 1 aliphatic heterocycles. The molecule has 3 heteroatoms. The van der Waals surface area contributed by atoms with Crippen molar-refractivity contribution in [3.05, 3.63) is 21.4 Å². The van der Waals surface area contributed by atoms with Crippen LogP contribution in [0.4, 0.5) is 0 Å². The molecule has 96 valence electrons. The number of hydrogen-bond acceptors (Lipinski definition) is 3. The summed E-state index contributed by atoms with van der Waals surface area (Å²) in [5.41, 5.74) is 7.85. The third kappa shape index (κ3) is 3.73. The minimum absolute atomic E-state index is 0.273. The lowest BCUT2D eigenvalue weighted by atomic mass is 10.0.